The van der Waals surface area contributed by atoms with Crippen molar-refractivity contribution in [3.05, 3.63) is 48.3 Å². The number of carbonyl (C=O) groups excluding carboxylic acids is 1. The van der Waals surface area contributed by atoms with Crippen LogP contribution in [-0.2, 0) is 9.53 Å². The normalized spacial score (nSPS) is 9.39. The van der Waals surface area contributed by atoms with E-state index in [-0.39, 0.29) is 0 Å². The van der Waals surface area contributed by atoms with Gasteiger partial charge in [0.15, 0.2) is 0 Å². The molecule has 90 valence electrons. The number of rotatable bonds is 2. The molecule has 18 heavy (non-hydrogen) atoms. The Morgan fingerprint density at radius 3 is 2.83 bits per heavy atom. The summed E-state index contributed by atoms with van der Waals surface area (Å²) < 4.78 is 6.42. The second-order valence-electron chi connectivity index (χ2n) is 3.43. The fraction of sp³-hybridized carbons (Fsp3) is 0.143. The van der Waals surface area contributed by atoms with Crippen LogP contribution in [0.3, 0.4) is 0 Å². The molecule has 0 saturated carbocycles. The fourth-order valence-corrected chi connectivity index (χ4v) is 1.46. The van der Waals surface area contributed by atoms with E-state index in [2.05, 4.69) is 16.9 Å². The summed E-state index contributed by atoms with van der Waals surface area (Å²) >= 11 is 0. The first kappa shape index (κ1) is 11.9. The van der Waals surface area contributed by atoms with Crippen LogP contribution in [0.4, 0.5) is 0 Å². The number of nitrogens with zero attached hydrogens (tertiary/aromatic N) is 2. The van der Waals surface area contributed by atoms with Gasteiger partial charge in [-0.25, -0.2) is 9.48 Å². The summed E-state index contributed by atoms with van der Waals surface area (Å²) in [5.41, 5.74) is 1.55. The molecule has 0 fully saturated rings. The van der Waals surface area contributed by atoms with Crippen LogP contribution in [0.2, 0.25) is 0 Å². The number of hydrogen-bond donors (Lipinski definition) is 0. The van der Waals surface area contributed by atoms with Gasteiger partial charge in [-0.1, -0.05) is 18.2 Å². The summed E-state index contributed by atoms with van der Waals surface area (Å²) in [7, 11) is 0. The summed E-state index contributed by atoms with van der Waals surface area (Å²) in [4.78, 5) is 11.2. The van der Waals surface area contributed by atoms with E-state index >= 15 is 0 Å². The van der Waals surface area contributed by atoms with Gasteiger partial charge in [0.05, 0.1) is 18.5 Å². The summed E-state index contributed by atoms with van der Waals surface area (Å²) in [6, 6.07) is 11.3. The molecule has 4 heteroatoms. The molecule has 2 rings (SSSR count). The highest BCUT2D eigenvalue weighted by Gasteiger charge is 2.02. The second-order valence-corrected chi connectivity index (χ2v) is 3.43. The third-order valence-corrected chi connectivity index (χ3v) is 2.21. The van der Waals surface area contributed by atoms with Crippen LogP contribution in [0.1, 0.15) is 12.6 Å². The highest BCUT2D eigenvalue weighted by molar-refractivity contribution is 5.89. The Morgan fingerprint density at radius 2 is 2.11 bits per heavy atom. The fourth-order valence-electron chi connectivity index (χ4n) is 1.46. The molecule has 2 aromatic rings. The van der Waals surface area contributed by atoms with Gasteiger partial charge >= 0.3 is 5.97 Å². The Morgan fingerprint density at radius 1 is 1.33 bits per heavy atom. The van der Waals surface area contributed by atoms with E-state index in [9.17, 15) is 4.79 Å². The van der Waals surface area contributed by atoms with Gasteiger partial charge in [-0.05, 0) is 31.0 Å². The molecule has 0 spiro atoms. The molecule has 1 heterocycles. The smallest absolute Gasteiger partial charge is 0.384 e. The van der Waals surface area contributed by atoms with Crippen molar-refractivity contribution in [2.75, 3.05) is 6.61 Å². The quantitative estimate of drug-likeness (QED) is 0.593. The van der Waals surface area contributed by atoms with Crippen molar-refractivity contribution >= 4 is 5.97 Å². The Bertz CT molecular complexity index is 591. The highest BCUT2D eigenvalue weighted by atomic mass is 16.5. The van der Waals surface area contributed by atoms with Crippen molar-refractivity contribution in [1.82, 2.24) is 9.78 Å². The van der Waals surface area contributed by atoms with E-state index < -0.39 is 5.97 Å². The average molecular weight is 240 g/mol. The molecule has 1 aromatic carbocycles. The number of carbonyl (C=O) groups is 1. The highest BCUT2D eigenvalue weighted by Crippen LogP contribution is 2.08. The number of para-hydroxylation sites is 1. The molecule has 0 unspecified atom stereocenters. The first-order valence-electron chi connectivity index (χ1n) is 5.59. The molecule has 1 aromatic heterocycles. The Hall–Kier alpha value is -2.54. The number of hydrogen-bond acceptors (Lipinski definition) is 3. The molecule has 0 bridgehead atoms. The molecular formula is C14H12N2O2. The molecule has 0 aliphatic rings. The summed E-state index contributed by atoms with van der Waals surface area (Å²) in [5.74, 6) is 4.65. The minimum absolute atomic E-state index is 0.325. The van der Waals surface area contributed by atoms with Crippen molar-refractivity contribution in [3.8, 4) is 17.5 Å². The second kappa shape index (κ2) is 5.69. The maximum atomic E-state index is 11.2. The van der Waals surface area contributed by atoms with E-state index in [1.165, 1.54) is 0 Å². The van der Waals surface area contributed by atoms with Crippen molar-refractivity contribution in [2.24, 2.45) is 0 Å². The van der Waals surface area contributed by atoms with Crippen LogP contribution in [-0.4, -0.2) is 22.4 Å². The van der Waals surface area contributed by atoms with Gasteiger partial charge in [-0.2, -0.15) is 5.10 Å². The molecule has 0 aliphatic carbocycles. The van der Waals surface area contributed by atoms with Crippen molar-refractivity contribution < 1.29 is 9.53 Å². The lowest BCUT2D eigenvalue weighted by Crippen LogP contribution is -2.01. The van der Waals surface area contributed by atoms with Gasteiger partial charge in [-0.15, -0.1) is 0 Å². The monoisotopic (exact) mass is 240 g/mol. The van der Waals surface area contributed by atoms with Crippen molar-refractivity contribution in [3.63, 3.8) is 0 Å². The SMILES string of the molecule is CCOC(=O)C#Cc1ccnn1-c1ccccc1. The zero-order valence-corrected chi connectivity index (χ0v) is 9.96. The largest absolute Gasteiger partial charge is 0.456 e. The number of ether oxygens (including phenoxy) is 1. The van der Waals surface area contributed by atoms with Gasteiger partial charge in [-0.3, -0.25) is 0 Å². The van der Waals surface area contributed by atoms with E-state index in [1.807, 2.05) is 30.3 Å². The van der Waals surface area contributed by atoms with Crippen LogP contribution < -0.4 is 0 Å². The first-order valence-corrected chi connectivity index (χ1v) is 5.59. The van der Waals surface area contributed by atoms with Crippen LogP contribution in [0.5, 0.6) is 0 Å². The summed E-state index contributed by atoms with van der Waals surface area (Å²) in [6.07, 6.45) is 1.64. The lowest BCUT2D eigenvalue weighted by atomic mass is 10.3. The molecule has 0 amide bonds. The lowest BCUT2D eigenvalue weighted by molar-refractivity contribution is -0.136. The zero-order chi connectivity index (χ0) is 12.8. The molecule has 4 nitrogen and oxygen atoms in total. The molecule has 0 aliphatic heterocycles. The summed E-state index contributed by atoms with van der Waals surface area (Å²) in [6.45, 7) is 2.07. The molecule has 0 saturated heterocycles. The topological polar surface area (TPSA) is 44.1 Å². The lowest BCUT2D eigenvalue weighted by Gasteiger charge is -2.01. The Balaban J connectivity index is 2.26. The predicted molar refractivity (Wildman–Crippen MR) is 67.1 cm³/mol. The third-order valence-electron chi connectivity index (χ3n) is 2.21. The number of esters is 1. The van der Waals surface area contributed by atoms with Crippen molar-refractivity contribution in [1.29, 1.82) is 0 Å². The Labute approximate surface area is 105 Å². The number of benzene rings is 1. The van der Waals surface area contributed by atoms with Crippen molar-refractivity contribution in [2.45, 2.75) is 6.92 Å². The van der Waals surface area contributed by atoms with Gasteiger partial charge in [0, 0.05) is 5.92 Å². The van der Waals surface area contributed by atoms with Gasteiger partial charge in [0.2, 0.25) is 0 Å². The molecular weight excluding hydrogens is 228 g/mol. The summed E-state index contributed by atoms with van der Waals surface area (Å²) in [5, 5.41) is 4.17. The maximum Gasteiger partial charge on any atom is 0.384 e. The molecule has 0 atom stereocenters. The van der Waals surface area contributed by atoms with E-state index in [0.717, 1.165) is 5.69 Å². The van der Waals surface area contributed by atoms with Gasteiger partial charge < -0.3 is 4.74 Å². The van der Waals surface area contributed by atoms with Gasteiger partial charge in [0.1, 0.15) is 5.69 Å². The predicted octanol–water partition coefficient (Wildman–Crippen LogP) is 1.79. The average Bonchev–Trinajstić information content (AvgIpc) is 2.86. The standard InChI is InChI=1S/C14H12N2O2/c1-2-18-14(17)9-8-13-10-11-15-16(13)12-6-4-3-5-7-12/h3-7,10-11H,2H2,1H3. The van der Waals surface area contributed by atoms with Crippen LogP contribution in [0.25, 0.3) is 5.69 Å². The maximum absolute atomic E-state index is 11.2. The van der Waals surface area contributed by atoms with E-state index in [1.54, 1.807) is 23.9 Å². The third kappa shape index (κ3) is 2.77. The number of aromatic nitrogens is 2. The van der Waals surface area contributed by atoms with Gasteiger partial charge in [0.25, 0.3) is 0 Å². The Kier molecular flexibility index (Phi) is 3.77. The van der Waals surface area contributed by atoms with Crippen LogP contribution in [0.15, 0.2) is 42.6 Å². The van der Waals surface area contributed by atoms with E-state index in [4.69, 9.17) is 4.74 Å². The van der Waals surface area contributed by atoms with E-state index in [0.29, 0.717) is 12.3 Å². The molecule has 0 radical (unpaired) electrons. The minimum Gasteiger partial charge on any atom is -0.456 e. The molecule has 0 N–H and O–H groups in total. The first-order chi connectivity index (χ1) is 8.81. The zero-order valence-electron chi connectivity index (χ0n) is 9.96. The van der Waals surface area contributed by atoms with Crippen LogP contribution in [0, 0.1) is 11.8 Å². The minimum atomic E-state index is -0.529. The van der Waals surface area contributed by atoms with Crippen LogP contribution >= 0.6 is 0 Å².